The zero-order valence-electron chi connectivity index (χ0n) is 14.8. The zero-order valence-corrected chi connectivity index (χ0v) is 14.8. The molecule has 0 bridgehead atoms. The second-order valence-electron chi connectivity index (χ2n) is 6.42. The van der Waals surface area contributed by atoms with Gasteiger partial charge in [0.1, 0.15) is 0 Å². The number of likely N-dealkylation sites (tertiary alicyclic amines) is 1. The zero-order chi connectivity index (χ0) is 19.5. The first-order valence-corrected chi connectivity index (χ1v) is 8.24. The van der Waals surface area contributed by atoms with E-state index in [1.165, 1.54) is 37.2 Å². The summed E-state index contributed by atoms with van der Waals surface area (Å²) in [5, 5.41) is 2.57. The van der Waals surface area contributed by atoms with Crippen molar-refractivity contribution in [2.24, 2.45) is 5.92 Å². The van der Waals surface area contributed by atoms with E-state index in [4.69, 9.17) is 0 Å². The summed E-state index contributed by atoms with van der Waals surface area (Å²) < 4.78 is 39.7. The molecule has 1 aromatic rings. The van der Waals surface area contributed by atoms with Crippen molar-refractivity contribution in [2.75, 3.05) is 37.4 Å². The Morgan fingerprint density at radius 1 is 1.27 bits per heavy atom. The van der Waals surface area contributed by atoms with Crippen LogP contribution in [0.5, 0.6) is 0 Å². The Morgan fingerprint density at radius 3 is 2.38 bits per heavy atom. The Hall–Kier alpha value is -2.51. The monoisotopic (exact) mass is 369 g/mol. The fourth-order valence-electron chi connectivity index (χ4n) is 2.97. The molecule has 8 heteroatoms. The number of anilines is 2. The molecule has 0 radical (unpaired) electrons. The van der Waals surface area contributed by atoms with E-state index in [1.54, 1.807) is 4.90 Å². The molecule has 1 fully saturated rings. The van der Waals surface area contributed by atoms with Crippen LogP contribution in [0.15, 0.2) is 30.9 Å². The number of hydrogen-bond donors (Lipinski definition) is 1. The average molecular weight is 369 g/mol. The minimum atomic E-state index is -4.52. The highest BCUT2D eigenvalue weighted by atomic mass is 19.4. The maximum Gasteiger partial charge on any atom is 0.418 e. The SMILES string of the molecule is C=CC(=O)N1CCC(C(=O)Nc2ccc(N(C)C)c(C(F)(F)F)c2)CC1. The summed E-state index contributed by atoms with van der Waals surface area (Å²) in [7, 11) is 3.06. The minimum Gasteiger partial charge on any atom is -0.377 e. The van der Waals surface area contributed by atoms with Gasteiger partial charge in [-0.1, -0.05) is 6.58 Å². The molecule has 142 valence electrons. The van der Waals surface area contributed by atoms with E-state index in [2.05, 4.69) is 11.9 Å². The fraction of sp³-hybridized carbons (Fsp3) is 0.444. The van der Waals surface area contributed by atoms with Crippen LogP contribution in [-0.4, -0.2) is 43.9 Å². The van der Waals surface area contributed by atoms with Crippen molar-refractivity contribution < 1.29 is 22.8 Å². The average Bonchev–Trinajstić information content (AvgIpc) is 2.60. The van der Waals surface area contributed by atoms with Crippen molar-refractivity contribution in [3.63, 3.8) is 0 Å². The van der Waals surface area contributed by atoms with Gasteiger partial charge in [0.05, 0.1) is 5.56 Å². The summed E-state index contributed by atoms with van der Waals surface area (Å²) in [4.78, 5) is 26.9. The molecule has 1 N–H and O–H groups in total. The number of rotatable bonds is 4. The molecule has 5 nitrogen and oxygen atoms in total. The summed E-state index contributed by atoms with van der Waals surface area (Å²) in [5.74, 6) is -0.855. The molecule has 0 aromatic heterocycles. The molecule has 0 atom stereocenters. The Kier molecular flexibility index (Phi) is 5.94. The van der Waals surface area contributed by atoms with Crippen LogP contribution < -0.4 is 10.2 Å². The summed E-state index contributed by atoms with van der Waals surface area (Å²) in [6.07, 6.45) is -2.36. The van der Waals surface area contributed by atoms with Crippen LogP contribution in [0.3, 0.4) is 0 Å². The maximum atomic E-state index is 13.2. The van der Waals surface area contributed by atoms with Crippen LogP contribution in [0.4, 0.5) is 24.5 Å². The van der Waals surface area contributed by atoms with Gasteiger partial charge >= 0.3 is 6.18 Å². The number of piperidine rings is 1. The molecule has 1 aliphatic rings. The number of carbonyl (C=O) groups excluding carboxylic acids is 2. The van der Waals surface area contributed by atoms with E-state index in [0.717, 1.165) is 6.07 Å². The van der Waals surface area contributed by atoms with E-state index >= 15 is 0 Å². The summed E-state index contributed by atoms with van der Waals surface area (Å²) in [6.45, 7) is 4.28. The van der Waals surface area contributed by atoms with Crippen molar-refractivity contribution in [1.29, 1.82) is 0 Å². The molecule has 2 rings (SSSR count). The van der Waals surface area contributed by atoms with E-state index in [9.17, 15) is 22.8 Å². The second kappa shape index (κ2) is 7.80. The van der Waals surface area contributed by atoms with Crippen LogP contribution in [0.25, 0.3) is 0 Å². The molecule has 0 spiro atoms. The molecule has 1 aromatic carbocycles. The predicted octanol–water partition coefficient (Wildman–Crippen LogP) is 3.13. The van der Waals surface area contributed by atoms with Gasteiger partial charge in [-0.3, -0.25) is 9.59 Å². The van der Waals surface area contributed by atoms with Gasteiger partial charge < -0.3 is 15.1 Å². The Morgan fingerprint density at radius 2 is 1.88 bits per heavy atom. The highest BCUT2D eigenvalue weighted by molar-refractivity contribution is 5.93. The number of amides is 2. The van der Waals surface area contributed by atoms with Gasteiger partial charge in [-0.25, -0.2) is 0 Å². The third-order valence-corrected chi connectivity index (χ3v) is 4.40. The predicted molar refractivity (Wildman–Crippen MR) is 93.9 cm³/mol. The highest BCUT2D eigenvalue weighted by Crippen LogP contribution is 2.37. The lowest BCUT2D eigenvalue weighted by atomic mass is 9.95. The van der Waals surface area contributed by atoms with E-state index in [-0.39, 0.29) is 29.1 Å². The van der Waals surface area contributed by atoms with Gasteiger partial charge in [0.25, 0.3) is 0 Å². The number of carbonyl (C=O) groups is 2. The van der Waals surface area contributed by atoms with Crippen LogP contribution in [0.2, 0.25) is 0 Å². The molecule has 0 saturated carbocycles. The van der Waals surface area contributed by atoms with Crippen LogP contribution >= 0.6 is 0 Å². The van der Waals surface area contributed by atoms with E-state index in [0.29, 0.717) is 25.9 Å². The van der Waals surface area contributed by atoms with Gasteiger partial charge in [-0.05, 0) is 37.1 Å². The standard InChI is InChI=1S/C18H22F3N3O2/c1-4-16(25)24-9-7-12(8-10-24)17(26)22-13-5-6-15(23(2)3)14(11-13)18(19,20)21/h4-6,11-12H,1,7-10H2,2-3H3,(H,22,26). The van der Waals surface area contributed by atoms with E-state index < -0.39 is 11.7 Å². The largest absolute Gasteiger partial charge is 0.418 e. The van der Waals surface area contributed by atoms with Gasteiger partial charge in [0.15, 0.2) is 0 Å². The molecule has 0 unspecified atom stereocenters. The molecule has 1 heterocycles. The Balaban J connectivity index is 2.08. The second-order valence-corrected chi connectivity index (χ2v) is 6.42. The molecular weight excluding hydrogens is 347 g/mol. The maximum absolute atomic E-state index is 13.2. The molecular formula is C18H22F3N3O2. The van der Waals surface area contributed by atoms with Gasteiger partial charge in [0.2, 0.25) is 11.8 Å². The van der Waals surface area contributed by atoms with Crippen molar-refractivity contribution in [3.8, 4) is 0 Å². The quantitative estimate of drug-likeness (QED) is 0.830. The Labute approximate surface area is 150 Å². The van der Waals surface area contributed by atoms with Gasteiger partial charge in [-0.2, -0.15) is 13.2 Å². The first-order valence-electron chi connectivity index (χ1n) is 8.24. The number of nitrogens with one attached hydrogen (secondary N) is 1. The first kappa shape index (κ1) is 19.8. The van der Waals surface area contributed by atoms with E-state index in [1.807, 2.05) is 0 Å². The van der Waals surface area contributed by atoms with Crippen LogP contribution in [-0.2, 0) is 15.8 Å². The minimum absolute atomic E-state index is 0.0340. The molecule has 2 amide bonds. The fourth-order valence-corrected chi connectivity index (χ4v) is 2.97. The third-order valence-electron chi connectivity index (χ3n) is 4.40. The van der Waals surface area contributed by atoms with Gasteiger partial charge in [-0.15, -0.1) is 0 Å². The highest BCUT2D eigenvalue weighted by Gasteiger charge is 2.35. The third kappa shape index (κ3) is 4.56. The Bertz CT molecular complexity index is 693. The topological polar surface area (TPSA) is 52.7 Å². The van der Waals surface area contributed by atoms with Crippen molar-refractivity contribution in [1.82, 2.24) is 4.90 Å². The lowest BCUT2D eigenvalue weighted by Gasteiger charge is -2.30. The lowest BCUT2D eigenvalue weighted by Crippen LogP contribution is -2.40. The van der Waals surface area contributed by atoms with Crippen molar-refractivity contribution in [2.45, 2.75) is 19.0 Å². The van der Waals surface area contributed by atoms with Gasteiger partial charge in [0, 0.05) is 44.5 Å². The first-order chi connectivity index (χ1) is 12.1. The van der Waals surface area contributed by atoms with Crippen molar-refractivity contribution >= 4 is 23.2 Å². The number of hydrogen-bond acceptors (Lipinski definition) is 3. The number of alkyl halides is 3. The smallest absolute Gasteiger partial charge is 0.377 e. The van der Waals surface area contributed by atoms with Crippen LogP contribution in [0.1, 0.15) is 18.4 Å². The summed E-state index contributed by atoms with van der Waals surface area (Å²) in [6, 6.07) is 3.74. The normalized spacial score (nSPS) is 15.5. The molecule has 26 heavy (non-hydrogen) atoms. The molecule has 0 aliphatic carbocycles. The number of benzene rings is 1. The van der Waals surface area contributed by atoms with Crippen molar-refractivity contribution in [3.05, 3.63) is 36.4 Å². The number of halogens is 3. The van der Waals surface area contributed by atoms with Crippen LogP contribution in [0, 0.1) is 5.92 Å². The molecule has 1 saturated heterocycles. The summed E-state index contributed by atoms with van der Waals surface area (Å²) in [5.41, 5.74) is -0.657. The lowest BCUT2D eigenvalue weighted by molar-refractivity contribution is -0.137. The number of nitrogens with zero attached hydrogens (tertiary/aromatic N) is 2. The molecule has 1 aliphatic heterocycles. The summed E-state index contributed by atoms with van der Waals surface area (Å²) >= 11 is 0.